The van der Waals surface area contributed by atoms with Gasteiger partial charge in [0.25, 0.3) is 5.91 Å². The first kappa shape index (κ1) is 24.9. The van der Waals surface area contributed by atoms with Crippen LogP contribution in [-0.4, -0.2) is 78.7 Å². The molecule has 4 heterocycles. The van der Waals surface area contributed by atoms with Crippen molar-refractivity contribution in [1.82, 2.24) is 19.8 Å². The van der Waals surface area contributed by atoms with Gasteiger partial charge in [-0.15, -0.1) is 11.3 Å². The summed E-state index contributed by atoms with van der Waals surface area (Å²) in [4.78, 5) is 29.1. The quantitative estimate of drug-likeness (QED) is 0.467. The number of nitrogens with one attached hydrogen (secondary N) is 1. The molecule has 7 nitrogen and oxygen atoms in total. The van der Waals surface area contributed by atoms with Gasteiger partial charge in [0.15, 0.2) is 0 Å². The lowest BCUT2D eigenvalue weighted by Gasteiger charge is -2.40. The molecule has 1 saturated carbocycles. The van der Waals surface area contributed by atoms with E-state index in [0.717, 1.165) is 58.9 Å². The molecule has 2 aliphatic rings. The third kappa shape index (κ3) is 4.91. The Labute approximate surface area is 216 Å². The lowest BCUT2D eigenvalue weighted by atomic mass is 9.94. The molecule has 9 heteroatoms. The van der Waals surface area contributed by atoms with Crippen molar-refractivity contribution in [2.45, 2.75) is 44.6 Å². The smallest absolute Gasteiger partial charge is 0.263 e. The van der Waals surface area contributed by atoms with E-state index in [0.29, 0.717) is 18.3 Å². The maximum absolute atomic E-state index is 13.5. The summed E-state index contributed by atoms with van der Waals surface area (Å²) in [7, 11) is 3.63. The normalized spacial score (nSPS) is 19.2. The average Bonchev–Trinajstić information content (AvgIpc) is 3.56. The Morgan fingerprint density at radius 1 is 1.17 bits per heavy atom. The SMILES string of the molecule is CCN1CCN(c2ccc(Nc3cc4c(C5CCCC5)c(C(=O)N(C)C)sc4cn3)nc2)C[C@@H]1CF. The second kappa shape index (κ2) is 10.7. The molecule has 0 bridgehead atoms. The first-order chi connectivity index (χ1) is 17.5. The fourth-order valence-corrected chi connectivity index (χ4v) is 6.80. The lowest BCUT2D eigenvalue weighted by molar-refractivity contribution is 0.0831. The fourth-order valence-electron chi connectivity index (χ4n) is 5.54. The number of amides is 1. The molecule has 5 rings (SSSR count). The molecule has 2 fully saturated rings. The number of carbonyl (C=O) groups excluding carboxylic acids is 1. The zero-order chi connectivity index (χ0) is 25.2. The molecule has 3 aromatic rings. The number of rotatable bonds is 7. The van der Waals surface area contributed by atoms with Gasteiger partial charge in [0, 0.05) is 45.3 Å². The van der Waals surface area contributed by atoms with Crippen LogP contribution in [0.2, 0.25) is 0 Å². The van der Waals surface area contributed by atoms with Gasteiger partial charge >= 0.3 is 0 Å². The van der Waals surface area contributed by atoms with E-state index in [1.807, 2.05) is 38.6 Å². The Bertz CT molecular complexity index is 1210. The Balaban J connectivity index is 1.37. The maximum atomic E-state index is 13.5. The zero-order valence-corrected chi connectivity index (χ0v) is 22.2. The monoisotopic (exact) mass is 510 g/mol. The average molecular weight is 511 g/mol. The summed E-state index contributed by atoms with van der Waals surface area (Å²) < 4.78 is 14.6. The van der Waals surface area contributed by atoms with Crippen LogP contribution in [0.1, 0.15) is 53.8 Å². The minimum Gasteiger partial charge on any atom is -0.367 e. The third-order valence-electron chi connectivity index (χ3n) is 7.54. The minimum atomic E-state index is -0.334. The fraction of sp³-hybridized carbons (Fsp3) is 0.519. The van der Waals surface area contributed by atoms with E-state index in [1.165, 1.54) is 18.4 Å². The van der Waals surface area contributed by atoms with Crippen LogP contribution in [0.3, 0.4) is 0 Å². The predicted molar refractivity (Wildman–Crippen MR) is 146 cm³/mol. The van der Waals surface area contributed by atoms with Crippen molar-refractivity contribution in [2.24, 2.45) is 0 Å². The van der Waals surface area contributed by atoms with Gasteiger partial charge in [0.1, 0.15) is 18.3 Å². The van der Waals surface area contributed by atoms with Crippen LogP contribution in [0.4, 0.5) is 21.7 Å². The number of likely N-dealkylation sites (N-methyl/N-ethyl adjacent to an activating group) is 1. The molecule has 0 spiro atoms. The van der Waals surface area contributed by atoms with Crippen LogP contribution >= 0.6 is 11.3 Å². The van der Waals surface area contributed by atoms with Crippen molar-refractivity contribution in [3.05, 3.63) is 41.0 Å². The molecule has 1 aliphatic carbocycles. The first-order valence-corrected chi connectivity index (χ1v) is 13.7. The molecule has 1 saturated heterocycles. The number of hydrogen-bond donors (Lipinski definition) is 1. The van der Waals surface area contributed by atoms with Crippen molar-refractivity contribution in [3.63, 3.8) is 0 Å². The highest BCUT2D eigenvalue weighted by Crippen LogP contribution is 2.44. The number of halogens is 1. The van der Waals surface area contributed by atoms with Crippen molar-refractivity contribution in [1.29, 1.82) is 0 Å². The molecular weight excluding hydrogens is 475 g/mol. The van der Waals surface area contributed by atoms with E-state index in [2.05, 4.69) is 38.1 Å². The van der Waals surface area contributed by atoms with E-state index < -0.39 is 0 Å². The molecule has 0 aromatic carbocycles. The van der Waals surface area contributed by atoms with Gasteiger partial charge in [-0.25, -0.2) is 14.4 Å². The number of fused-ring (bicyclic) bond motifs is 1. The number of thiophene rings is 1. The van der Waals surface area contributed by atoms with Crippen LogP contribution in [0.15, 0.2) is 30.6 Å². The number of pyridine rings is 2. The van der Waals surface area contributed by atoms with Crippen molar-refractivity contribution < 1.29 is 9.18 Å². The molecule has 3 aromatic heterocycles. The Morgan fingerprint density at radius 3 is 2.61 bits per heavy atom. The number of hydrogen-bond acceptors (Lipinski definition) is 7. The van der Waals surface area contributed by atoms with E-state index in [4.69, 9.17) is 0 Å². The van der Waals surface area contributed by atoms with Crippen LogP contribution < -0.4 is 10.2 Å². The molecule has 0 unspecified atom stereocenters. The minimum absolute atomic E-state index is 0.0681. The van der Waals surface area contributed by atoms with Gasteiger partial charge in [-0.3, -0.25) is 9.69 Å². The van der Waals surface area contributed by atoms with Gasteiger partial charge in [0.2, 0.25) is 0 Å². The van der Waals surface area contributed by atoms with E-state index in [-0.39, 0.29) is 18.6 Å². The van der Waals surface area contributed by atoms with Crippen molar-refractivity contribution in [2.75, 3.05) is 57.2 Å². The van der Waals surface area contributed by atoms with E-state index >= 15 is 0 Å². The highest BCUT2D eigenvalue weighted by atomic mass is 32.1. The Morgan fingerprint density at radius 2 is 1.94 bits per heavy atom. The topological polar surface area (TPSA) is 64.6 Å². The summed E-state index contributed by atoms with van der Waals surface area (Å²) in [5.41, 5.74) is 2.19. The van der Waals surface area contributed by atoms with Crippen LogP contribution in [0.5, 0.6) is 0 Å². The number of anilines is 3. The van der Waals surface area contributed by atoms with E-state index in [1.54, 1.807) is 16.2 Å². The summed E-state index contributed by atoms with van der Waals surface area (Å²) in [5.74, 6) is 1.92. The molecule has 1 atom stereocenters. The third-order valence-corrected chi connectivity index (χ3v) is 8.68. The largest absolute Gasteiger partial charge is 0.367 e. The standard InChI is InChI=1S/C27H35FN6OS/c1-4-33-11-12-34(17-20(33)14-28)19-9-10-23(29-15-19)31-24-13-21-22(16-30-24)36-26(27(35)32(2)3)25(21)18-7-5-6-8-18/h9-10,13,15-16,18,20H,4-8,11-12,14,17H2,1-3H3,(H,29,30,31)/t20-/m0/s1. The van der Waals surface area contributed by atoms with Gasteiger partial charge in [-0.05, 0) is 49.1 Å². The number of nitrogens with zero attached hydrogens (tertiary/aromatic N) is 5. The molecule has 36 heavy (non-hydrogen) atoms. The highest BCUT2D eigenvalue weighted by Gasteiger charge is 2.29. The Kier molecular flexibility index (Phi) is 7.39. The molecule has 0 radical (unpaired) electrons. The number of aromatic nitrogens is 2. The summed E-state index contributed by atoms with van der Waals surface area (Å²) >= 11 is 1.55. The highest BCUT2D eigenvalue weighted by molar-refractivity contribution is 7.21. The van der Waals surface area contributed by atoms with Crippen LogP contribution in [0.25, 0.3) is 10.1 Å². The van der Waals surface area contributed by atoms with Crippen LogP contribution in [0, 0.1) is 0 Å². The summed E-state index contributed by atoms with van der Waals surface area (Å²) in [6.45, 7) is 5.02. The van der Waals surface area contributed by atoms with Gasteiger partial charge in [-0.1, -0.05) is 19.8 Å². The Hall–Kier alpha value is -2.78. The van der Waals surface area contributed by atoms with E-state index in [9.17, 15) is 9.18 Å². The predicted octanol–water partition coefficient (Wildman–Crippen LogP) is 5.27. The molecule has 1 aliphatic heterocycles. The lowest BCUT2D eigenvalue weighted by Crippen LogP contribution is -2.54. The zero-order valence-electron chi connectivity index (χ0n) is 21.3. The number of carbonyl (C=O) groups is 1. The van der Waals surface area contributed by atoms with Crippen molar-refractivity contribution in [3.8, 4) is 0 Å². The second-order valence-electron chi connectivity index (χ2n) is 10.0. The molecule has 1 N–H and O–H groups in total. The van der Waals surface area contributed by atoms with Crippen molar-refractivity contribution >= 4 is 44.7 Å². The molecule has 192 valence electrons. The number of alkyl halides is 1. The summed E-state index contributed by atoms with van der Waals surface area (Å²) in [6.07, 6.45) is 8.40. The first-order valence-electron chi connectivity index (χ1n) is 12.9. The maximum Gasteiger partial charge on any atom is 0.263 e. The van der Waals surface area contributed by atoms with Gasteiger partial charge in [0.05, 0.1) is 27.5 Å². The molecule has 1 amide bonds. The summed E-state index contributed by atoms with van der Waals surface area (Å²) in [5, 5.41) is 4.46. The van der Waals surface area contributed by atoms with Gasteiger partial charge in [-0.2, -0.15) is 0 Å². The molecular formula is C27H35FN6OS. The van der Waals surface area contributed by atoms with Gasteiger partial charge < -0.3 is 15.1 Å². The second-order valence-corrected chi connectivity index (χ2v) is 11.1. The number of piperazine rings is 1. The summed E-state index contributed by atoms with van der Waals surface area (Å²) in [6, 6.07) is 5.98. The van der Waals surface area contributed by atoms with Crippen LogP contribution in [-0.2, 0) is 0 Å².